The number of ketones is 1. The summed E-state index contributed by atoms with van der Waals surface area (Å²) in [6.07, 6.45) is 7.06. The highest BCUT2D eigenvalue weighted by atomic mass is 33.1. The summed E-state index contributed by atoms with van der Waals surface area (Å²) in [5.41, 5.74) is 2.40. The number of ether oxygens (including phenoxy) is 6. The van der Waals surface area contributed by atoms with Crippen LogP contribution in [0.4, 0.5) is 0 Å². The van der Waals surface area contributed by atoms with Crippen LogP contribution in [0.3, 0.4) is 0 Å². The van der Waals surface area contributed by atoms with Crippen molar-refractivity contribution in [3.05, 3.63) is 83.4 Å². The molecule has 4 rings (SSSR count). The van der Waals surface area contributed by atoms with Crippen LogP contribution in [0.15, 0.2) is 66.7 Å². The third kappa shape index (κ3) is 8.36. The molecule has 10 heteroatoms. The number of hydrogen-bond acceptors (Lipinski definition) is 10. The van der Waals surface area contributed by atoms with E-state index in [2.05, 4.69) is 30.8 Å². The summed E-state index contributed by atoms with van der Waals surface area (Å²) in [7, 11) is 9.63. The Morgan fingerprint density at radius 3 is 2.07 bits per heavy atom. The van der Waals surface area contributed by atoms with Crippen molar-refractivity contribution in [2.75, 3.05) is 41.7 Å². The average molecular weight is 627 g/mol. The lowest BCUT2D eigenvalue weighted by molar-refractivity contribution is 0.104. The number of benzene rings is 3. The molecule has 222 valence electrons. The van der Waals surface area contributed by atoms with Gasteiger partial charge in [-0.15, -0.1) is 0 Å². The molecule has 0 fully saturated rings. The van der Waals surface area contributed by atoms with E-state index in [-0.39, 0.29) is 10.4 Å². The zero-order chi connectivity index (χ0) is 29.9. The number of carbonyl (C=O) groups is 1. The van der Waals surface area contributed by atoms with Crippen LogP contribution in [0.25, 0.3) is 11.0 Å². The van der Waals surface area contributed by atoms with Crippen molar-refractivity contribution in [2.45, 2.75) is 17.4 Å². The van der Waals surface area contributed by atoms with Crippen LogP contribution in [0.2, 0.25) is 0 Å². The Bertz CT molecular complexity index is 1400. The highest BCUT2D eigenvalue weighted by Gasteiger charge is 2.17. The van der Waals surface area contributed by atoms with Gasteiger partial charge in [-0.05, 0) is 72.5 Å². The SMILES string of the molecule is COc1cc(/C=C/C(=O)c2cc(OC)c(OC)c(OC)c2)ccc1OCCCCOc1ccc(C2=CC(S)SS2)cc1. The predicted molar refractivity (Wildman–Crippen MR) is 175 cm³/mol. The lowest BCUT2D eigenvalue weighted by Crippen LogP contribution is -2.03. The Hall–Kier alpha value is -3.34. The Morgan fingerprint density at radius 2 is 1.48 bits per heavy atom. The number of carbonyl (C=O) groups excluding carboxylic acids is 1. The minimum atomic E-state index is -0.206. The largest absolute Gasteiger partial charge is 0.494 e. The van der Waals surface area contributed by atoms with E-state index in [9.17, 15) is 4.79 Å². The first kappa shape index (κ1) is 31.6. The molecule has 7 nitrogen and oxygen atoms in total. The first-order chi connectivity index (χ1) is 20.4. The van der Waals surface area contributed by atoms with Gasteiger partial charge in [0.2, 0.25) is 5.75 Å². The Balaban J connectivity index is 1.25. The van der Waals surface area contributed by atoms with Crippen molar-refractivity contribution in [3.8, 4) is 34.5 Å². The number of methoxy groups -OCH3 is 4. The zero-order valence-corrected chi connectivity index (χ0v) is 26.5. The standard InChI is InChI=1S/C32H34O7S3/c1-34-27-17-21(7-13-25(33)23-18-28(35-2)32(37-4)29(19-23)36-3)8-14-26(27)39-16-6-5-15-38-24-11-9-22(10-12-24)30-20-31(40)42-41-30/h7-14,17-20,31,40H,5-6,15-16H2,1-4H3/b13-7+. The molecule has 0 N–H and O–H groups in total. The number of unbranched alkanes of at least 4 members (excludes halogenated alkanes) is 1. The second kappa shape index (κ2) is 15.8. The lowest BCUT2D eigenvalue weighted by atomic mass is 10.1. The van der Waals surface area contributed by atoms with Gasteiger partial charge in [0.15, 0.2) is 28.8 Å². The van der Waals surface area contributed by atoms with E-state index in [1.54, 1.807) is 46.9 Å². The molecule has 42 heavy (non-hydrogen) atoms. The van der Waals surface area contributed by atoms with Gasteiger partial charge in [0.25, 0.3) is 0 Å². The molecule has 0 saturated heterocycles. The maximum atomic E-state index is 12.9. The lowest BCUT2D eigenvalue weighted by Gasteiger charge is -2.13. The quantitative estimate of drug-likeness (QED) is 0.0597. The van der Waals surface area contributed by atoms with Crippen molar-refractivity contribution in [3.63, 3.8) is 0 Å². The van der Waals surface area contributed by atoms with Crippen molar-refractivity contribution in [1.82, 2.24) is 0 Å². The van der Waals surface area contributed by atoms with Crippen LogP contribution in [0, 0.1) is 0 Å². The second-order valence-corrected chi connectivity index (χ2v) is 12.3. The molecule has 3 aromatic carbocycles. The van der Waals surface area contributed by atoms with Crippen LogP contribution in [-0.4, -0.2) is 52.0 Å². The molecule has 1 aliphatic heterocycles. The predicted octanol–water partition coefficient (Wildman–Crippen LogP) is 7.85. The van der Waals surface area contributed by atoms with Crippen LogP contribution in [0.5, 0.6) is 34.5 Å². The van der Waals surface area contributed by atoms with Crippen molar-refractivity contribution >= 4 is 51.0 Å². The Kier molecular flexibility index (Phi) is 11.9. The van der Waals surface area contributed by atoms with E-state index in [0.29, 0.717) is 47.5 Å². The molecule has 0 amide bonds. The smallest absolute Gasteiger partial charge is 0.203 e. The van der Waals surface area contributed by atoms with Gasteiger partial charge in [0.1, 0.15) is 5.75 Å². The first-order valence-electron chi connectivity index (χ1n) is 13.3. The number of rotatable bonds is 15. The summed E-state index contributed by atoms with van der Waals surface area (Å²) >= 11 is 4.48. The van der Waals surface area contributed by atoms with Gasteiger partial charge in [-0.1, -0.05) is 45.9 Å². The fourth-order valence-electron chi connectivity index (χ4n) is 4.12. The van der Waals surface area contributed by atoms with Crippen molar-refractivity contribution in [2.24, 2.45) is 0 Å². The molecule has 1 atom stereocenters. The summed E-state index contributed by atoms with van der Waals surface area (Å²) in [5, 5.41) is 0. The summed E-state index contributed by atoms with van der Waals surface area (Å²) in [6.45, 7) is 1.14. The monoisotopic (exact) mass is 626 g/mol. The van der Waals surface area contributed by atoms with E-state index >= 15 is 0 Å². The van der Waals surface area contributed by atoms with Gasteiger partial charge in [-0.2, -0.15) is 12.6 Å². The highest BCUT2D eigenvalue weighted by molar-refractivity contribution is 8.82. The van der Waals surface area contributed by atoms with Gasteiger partial charge in [-0.3, -0.25) is 4.79 Å². The Morgan fingerprint density at radius 1 is 0.810 bits per heavy atom. The molecule has 1 aliphatic rings. The van der Waals surface area contributed by atoms with E-state index in [4.69, 9.17) is 28.4 Å². The van der Waals surface area contributed by atoms with Gasteiger partial charge < -0.3 is 28.4 Å². The fourth-order valence-corrected chi connectivity index (χ4v) is 6.89. The average Bonchev–Trinajstić information content (AvgIpc) is 3.47. The number of thiol groups is 1. The number of hydrogen-bond donors (Lipinski definition) is 1. The normalized spacial score (nSPS) is 14.4. The summed E-state index contributed by atoms with van der Waals surface area (Å²) in [6, 6.07) is 17.0. The summed E-state index contributed by atoms with van der Waals surface area (Å²) in [5.74, 6) is 3.15. The first-order valence-corrected chi connectivity index (χ1v) is 16.0. The van der Waals surface area contributed by atoms with Crippen LogP contribution >= 0.6 is 34.2 Å². The van der Waals surface area contributed by atoms with Crippen LogP contribution in [-0.2, 0) is 0 Å². The van der Waals surface area contributed by atoms with Crippen molar-refractivity contribution < 1.29 is 33.2 Å². The molecule has 0 aromatic heterocycles. The molecular formula is C32H34O7S3. The van der Waals surface area contributed by atoms with E-state index in [1.807, 2.05) is 30.3 Å². The maximum absolute atomic E-state index is 12.9. The Labute approximate surface area is 260 Å². The molecule has 1 unspecified atom stereocenters. The maximum Gasteiger partial charge on any atom is 0.203 e. The van der Waals surface area contributed by atoms with Gasteiger partial charge in [-0.25, -0.2) is 0 Å². The van der Waals surface area contributed by atoms with E-state index < -0.39 is 0 Å². The molecule has 0 aliphatic carbocycles. The van der Waals surface area contributed by atoms with Gasteiger partial charge in [0.05, 0.1) is 46.2 Å². The summed E-state index contributed by atoms with van der Waals surface area (Å²) < 4.78 is 33.6. The molecule has 0 radical (unpaired) electrons. The minimum absolute atomic E-state index is 0.206. The topological polar surface area (TPSA) is 72.5 Å². The third-order valence-corrected chi connectivity index (χ3v) is 9.62. The molecule has 1 heterocycles. The number of allylic oxidation sites excluding steroid dienone is 1. The van der Waals surface area contributed by atoms with Gasteiger partial charge in [0, 0.05) is 10.5 Å². The molecule has 3 aromatic rings. The zero-order valence-electron chi connectivity index (χ0n) is 24.0. The van der Waals surface area contributed by atoms with E-state index in [1.165, 1.54) is 37.9 Å². The third-order valence-electron chi connectivity index (χ3n) is 6.30. The van der Waals surface area contributed by atoms with Crippen molar-refractivity contribution in [1.29, 1.82) is 0 Å². The van der Waals surface area contributed by atoms with E-state index in [0.717, 1.165) is 24.2 Å². The molecule has 0 spiro atoms. The molecular weight excluding hydrogens is 593 g/mol. The summed E-state index contributed by atoms with van der Waals surface area (Å²) in [4.78, 5) is 14.1. The second-order valence-electron chi connectivity index (χ2n) is 9.05. The molecule has 0 saturated carbocycles. The van der Waals surface area contributed by atoms with Crippen LogP contribution < -0.4 is 28.4 Å². The minimum Gasteiger partial charge on any atom is -0.494 e. The fraction of sp³-hybridized carbons (Fsp3) is 0.281. The van der Waals surface area contributed by atoms with Crippen LogP contribution in [0.1, 0.15) is 34.3 Å². The van der Waals surface area contributed by atoms with Gasteiger partial charge >= 0.3 is 0 Å². The molecule has 0 bridgehead atoms. The highest BCUT2D eigenvalue weighted by Crippen LogP contribution is 2.48.